The highest BCUT2D eigenvalue weighted by Gasteiger charge is 2.12. The summed E-state index contributed by atoms with van der Waals surface area (Å²) < 4.78 is 0. The number of hydrogen-bond acceptors (Lipinski definition) is 2. The zero-order valence-electron chi connectivity index (χ0n) is 18.4. The molecule has 0 N–H and O–H groups in total. The molecule has 34 heavy (non-hydrogen) atoms. The van der Waals surface area contributed by atoms with Crippen LogP contribution in [0.15, 0.2) is 122 Å². The van der Waals surface area contributed by atoms with Gasteiger partial charge in [-0.05, 0) is 57.3 Å². The van der Waals surface area contributed by atoms with Gasteiger partial charge in [0.1, 0.15) is 0 Å². The second kappa shape index (κ2) is 7.50. The second-order valence-electron chi connectivity index (χ2n) is 8.70. The van der Waals surface area contributed by atoms with Crippen LogP contribution in [0.3, 0.4) is 0 Å². The Balaban J connectivity index is 1.55. The Kier molecular flexibility index (Phi) is 4.18. The number of nitrogens with zero attached hydrogens (tertiary/aromatic N) is 2. The average Bonchev–Trinajstić information content (AvgIpc) is 2.92. The molecule has 7 aromatic rings. The lowest BCUT2D eigenvalue weighted by molar-refractivity contribution is 1.33. The molecule has 0 aliphatic rings. The van der Waals surface area contributed by atoms with E-state index in [9.17, 15) is 0 Å². The van der Waals surface area contributed by atoms with Crippen LogP contribution in [0.2, 0.25) is 0 Å². The van der Waals surface area contributed by atoms with Crippen molar-refractivity contribution in [1.82, 2.24) is 9.97 Å². The highest BCUT2D eigenvalue weighted by Crippen LogP contribution is 2.37. The van der Waals surface area contributed by atoms with Crippen LogP contribution in [0.5, 0.6) is 0 Å². The van der Waals surface area contributed by atoms with E-state index in [-0.39, 0.29) is 0 Å². The smallest absolute Gasteiger partial charge is 0.0794 e. The van der Waals surface area contributed by atoms with Crippen molar-refractivity contribution < 1.29 is 0 Å². The molecule has 0 saturated carbocycles. The maximum atomic E-state index is 5.29. The van der Waals surface area contributed by atoms with Crippen LogP contribution < -0.4 is 0 Å². The van der Waals surface area contributed by atoms with Gasteiger partial charge in [-0.2, -0.15) is 0 Å². The molecule has 0 aliphatic heterocycles. The Labute approximate surface area is 197 Å². The van der Waals surface area contributed by atoms with Crippen molar-refractivity contribution >= 4 is 43.4 Å². The van der Waals surface area contributed by atoms with Crippen molar-refractivity contribution in [2.24, 2.45) is 0 Å². The Morgan fingerprint density at radius 3 is 2.06 bits per heavy atom. The summed E-state index contributed by atoms with van der Waals surface area (Å²) in [5.41, 5.74) is 6.84. The first kappa shape index (κ1) is 19.0. The van der Waals surface area contributed by atoms with Gasteiger partial charge in [-0.15, -0.1) is 0 Å². The van der Waals surface area contributed by atoms with E-state index in [0.717, 1.165) is 22.0 Å². The molecule has 5 aromatic carbocycles. The number of fused-ring (bicyclic) bond motifs is 6. The van der Waals surface area contributed by atoms with Crippen molar-refractivity contribution in [2.75, 3.05) is 0 Å². The molecule has 0 radical (unpaired) electrons. The van der Waals surface area contributed by atoms with E-state index in [2.05, 4.69) is 114 Å². The molecule has 0 unspecified atom stereocenters. The van der Waals surface area contributed by atoms with Crippen LogP contribution in [0.25, 0.3) is 65.6 Å². The number of pyridine rings is 2. The lowest BCUT2D eigenvalue weighted by Crippen LogP contribution is -1.89. The molecule has 158 valence electrons. The highest BCUT2D eigenvalue weighted by molar-refractivity contribution is 6.17. The quantitative estimate of drug-likeness (QED) is 0.202. The van der Waals surface area contributed by atoms with Crippen LogP contribution in [0, 0.1) is 0 Å². The molecule has 0 fully saturated rings. The Morgan fingerprint density at radius 2 is 1.15 bits per heavy atom. The number of hydrogen-bond donors (Lipinski definition) is 0. The Morgan fingerprint density at radius 1 is 0.441 bits per heavy atom. The van der Waals surface area contributed by atoms with E-state index in [4.69, 9.17) is 4.98 Å². The summed E-state index contributed by atoms with van der Waals surface area (Å²) in [6.45, 7) is 0. The minimum absolute atomic E-state index is 1.05. The van der Waals surface area contributed by atoms with Crippen molar-refractivity contribution in [2.45, 2.75) is 0 Å². The van der Waals surface area contributed by atoms with Gasteiger partial charge in [0.15, 0.2) is 0 Å². The van der Waals surface area contributed by atoms with Crippen LogP contribution in [0.4, 0.5) is 0 Å². The monoisotopic (exact) mass is 432 g/mol. The van der Waals surface area contributed by atoms with Gasteiger partial charge in [0, 0.05) is 33.9 Å². The summed E-state index contributed by atoms with van der Waals surface area (Å²) in [5, 5.41) is 7.13. The minimum atomic E-state index is 1.05. The molecule has 7 rings (SSSR count). The van der Waals surface area contributed by atoms with Crippen molar-refractivity contribution in [3.63, 3.8) is 0 Å². The molecular weight excluding hydrogens is 412 g/mol. The fourth-order valence-electron chi connectivity index (χ4n) is 5.06. The minimum Gasteiger partial charge on any atom is -0.265 e. The van der Waals surface area contributed by atoms with E-state index < -0.39 is 0 Å². The summed E-state index contributed by atoms with van der Waals surface area (Å²) in [5.74, 6) is 0. The van der Waals surface area contributed by atoms with Crippen molar-refractivity contribution in [1.29, 1.82) is 0 Å². The van der Waals surface area contributed by atoms with Gasteiger partial charge in [-0.3, -0.25) is 4.98 Å². The molecule has 2 heterocycles. The molecule has 0 amide bonds. The topological polar surface area (TPSA) is 25.8 Å². The fourth-order valence-corrected chi connectivity index (χ4v) is 5.06. The molecular formula is C32H20N2. The molecule has 0 bridgehead atoms. The highest BCUT2D eigenvalue weighted by atomic mass is 14.7. The summed E-state index contributed by atoms with van der Waals surface area (Å²) >= 11 is 0. The van der Waals surface area contributed by atoms with Crippen LogP contribution in [-0.4, -0.2) is 9.97 Å². The second-order valence-corrected chi connectivity index (χ2v) is 8.70. The van der Waals surface area contributed by atoms with E-state index in [0.29, 0.717) is 0 Å². The summed E-state index contributed by atoms with van der Waals surface area (Å²) in [4.78, 5) is 9.46. The third kappa shape index (κ3) is 2.96. The number of aromatic nitrogens is 2. The average molecular weight is 433 g/mol. The maximum absolute atomic E-state index is 5.29. The fraction of sp³-hybridized carbons (Fsp3) is 0. The first-order valence-corrected chi connectivity index (χ1v) is 11.5. The zero-order chi connectivity index (χ0) is 22.5. The normalized spacial score (nSPS) is 11.5. The Hall–Kier alpha value is -4.56. The lowest BCUT2D eigenvalue weighted by Gasteiger charge is -2.13. The van der Waals surface area contributed by atoms with Crippen LogP contribution in [0.1, 0.15) is 0 Å². The first-order chi connectivity index (χ1) is 16.8. The van der Waals surface area contributed by atoms with Crippen molar-refractivity contribution in [3.05, 3.63) is 122 Å². The predicted octanol–water partition coefficient (Wildman–Crippen LogP) is 8.42. The summed E-state index contributed by atoms with van der Waals surface area (Å²) in [6, 6.07) is 38.9. The van der Waals surface area contributed by atoms with Gasteiger partial charge in [-0.25, -0.2) is 4.98 Å². The molecule has 2 aromatic heterocycles. The zero-order valence-corrected chi connectivity index (χ0v) is 18.4. The predicted molar refractivity (Wildman–Crippen MR) is 143 cm³/mol. The third-order valence-corrected chi connectivity index (χ3v) is 6.70. The van der Waals surface area contributed by atoms with Gasteiger partial charge in [0.05, 0.1) is 11.0 Å². The van der Waals surface area contributed by atoms with E-state index in [1.54, 1.807) is 0 Å². The third-order valence-electron chi connectivity index (χ3n) is 6.70. The number of benzene rings is 5. The standard InChI is InChI=1S/C32H20N2/c1-2-9-29-22(5-1)11-13-26-20-27-14-12-23-6-4-10-28(30(23)32(27)34-31(26)29)25-8-3-7-24(19-25)21-15-17-33-18-16-21/h1-20H. The number of rotatable bonds is 2. The summed E-state index contributed by atoms with van der Waals surface area (Å²) in [7, 11) is 0. The van der Waals surface area contributed by atoms with E-state index in [1.165, 1.54) is 43.6 Å². The molecule has 0 aliphatic carbocycles. The van der Waals surface area contributed by atoms with Crippen molar-refractivity contribution in [3.8, 4) is 22.3 Å². The summed E-state index contributed by atoms with van der Waals surface area (Å²) in [6.07, 6.45) is 3.68. The van der Waals surface area contributed by atoms with Gasteiger partial charge >= 0.3 is 0 Å². The molecule has 0 spiro atoms. The molecule has 2 heteroatoms. The molecule has 0 atom stereocenters. The van der Waals surface area contributed by atoms with Gasteiger partial charge in [0.2, 0.25) is 0 Å². The maximum Gasteiger partial charge on any atom is 0.0794 e. The molecule has 0 saturated heterocycles. The SMILES string of the molecule is c1cc(-c2ccncc2)cc(-c2cccc3ccc4cc5ccc6ccccc6c5nc4c23)c1. The van der Waals surface area contributed by atoms with Gasteiger partial charge < -0.3 is 0 Å². The van der Waals surface area contributed by atoms with Gasteiger partial charge in [0.25, 0.3) is 0 Å². The van der Waals surface area contributed by atoms with Gasteiger partial charge in [-0.1, -0.05) is 84.9 Å². The van der Waals surface area contributed by atoms with Crippen LogP contribution in [-0.2, 0) is 0 Å². The van der Waals surface area contributed by atoms with E-state index >= 15 is 0 Å². The largest absolute Gasteiger partial charge is 0.265 e. The lowest BCUT2D eigenvalue weighted by atomic mass is 9.93. The van der Waals surface area contributed by atoms with E-state index in [1.807, 2.05) is 12.4 Å². The van der Waals surface area contributed by atoms with Crippen LogP contribution >= 0.6 is 0 Å². The Bertz CT molecular complexity index is 1850. The molecule has 2 nitrogen and oxygen atoms in total. The first-order valence-electron chi connectivity index (χ1n) is 11.5.